The number of fused-ring (bicyclic) bond motifs is 2. The average molecular weight is 463 g/mol. The van der Waals surface area contributed by atoms with Gasteiger partial charge in [0.05, 0.1) is 16.8 Å². The molecular formula is C17H11F6N5O2S. The van der Waals surface area contributed by atoms with Crippen LogP contribution in [0.5, 0.6) is 0 Å². The van der Waals surface area contributed by atoms with E-state index in [0.717, 1.165) is 21.5 Å². The summed E-state index contributed by atoms with van der Waals surface area (Å²) in [5.41, 5.74) is -2.70. The fourth-order valence-electron chi connectivity index (χ4n) is 2.94. The first kappa shape index (κ1) is 21.1. The number of hydrogen-bond donors (Lipinski definition) is 0. The van der Waals surface area contributed by atoms with Crippen LogP contribution in [-0.4, -0.2) is 38.3 Å². The number of rotatable bonds is 3. The van der Waals surface area contributed by atoms with Crippen LogP contribution in [0.2, 0.25) is 0 Å². The molecule has 4 rings (SSSR count). The van der Waals surface area contributed by atoms with E-state index < -0.39 is 44.2 Å². The van der Waals surface area contributed by atoms with Crippen molar-refractivity contribution in [3.63, 3.8) is 0 Å². The minimum atomic E-state index is -4.72. The highest BCUT2D eigenvalue weighted by atomic mass is 32.2. The summed E-state index contributed by atoms with van der Waals surface area (Å²) in [5.74, 6) is -0.735. The Hall–Kier alpha value is -3.16. The van der Waals surface area contributed by atoms with E-state index in [1.54, 1.807) is 0 Å². The van der Waals surface area contributed by atoms with E-state index in [9.17, 15) is 34.8 Å². The third kappa shape index (κ3) is 3.60. The van der Waals surface area contributed by atoms with Crippen molar-refractivity contribution in [1.29, 1.82) is 0 Å². The molecule has 0 aliphatic carbocycles. The zero-order valence-electron chi connectivity index (χ0n) is 15.4. The van der Waals surface area contributed by atoms with E-state index in [4.69, 9.17) is 0 Å². The third-order valence-corrected chi connectivity index (χ3v) is 6.19. The molecule has 4 aromatic rings. The lowest BCUT2D eigenvalue weighted by Crippen LogP contribution is -2.12. The van der Waals surface area contributed by atoms with Crippen molar-refractivity contribution in [3.05, 3.63) is 48.0 Å². The van der Waals surface area contributed by atoms with Gasteiger partial charge in [0, 0.05) is 24.0 Å². The maximum Gasteiger partial charge on any atom is 0.433 e. The number of imidazole rings is 1. The minimum Gasteiger partial charge on any atom is -0.289 e. The van der Waals surface area contributed by atoms with Crippen molar-refractivity contribution in [3.8, 4) is 5.82 Å². The Morgan fingerprint density at radius 1 is 1.06 bits per heavy atom. The molecule has 0 fully saturated rings. The number of halogens is 6. The number of nitrogens with zero attached hydrogens (tertiary/aromatic N) is 5. The van der Waals surface area contributed by atoms with Crippen molar-refractivity contribution in [2.24, 2.45) is 0 Å². The van der Waals surface area contributed by atoms with Gasteiger partial charge in [-0.15, -0.1) is 0 Å². The lowest BCUT2D eigenvalue weighted by molar-refractivity contribution is -0.141. The van der Waals surface area contributed by atoms with Crippen molar-refractivity contribution in [2.45, 2.75) is 24.3 Å². The summed E-state index contributed by atoms with van der Waals surface area (Å²) in [6.07, 6.45) is -6.37. The van der Waals surface area contributed by atoms with E-state index in [2.05, 4.69) is 15.1 Å². The van der Waals surface area contributed by atoms with Gasteiger partial charge < -0.3 is 0 Å². The maximum absolute atomic E-state index is 13.0. The largest absolute Gasteiger partial charge is 0.433 e. The highest BCUT2D eigenvalue weighted by Crippen LogP contribution is 2.33. The normalized spacial score (nSPS) is 13.4. The predicted molar refractivity (Wildman–Crippen MR) is 95.3 cm³/mol. The lowest BCUT2D eigenvalue weighted by atomic mass is 10.2. The van der Waals surface area contributed by atoms with Crippen LogP contribution in [-0.2, 0) is 22.2 Å². The number of pyridine rings is 2. The van der Waals surface area contributed by atoms with Gasteiger partial charge in [-0.25, -0.2) is 18.1 Å². The summed E-state index contributed by atoms with van der Waals surface area (Å²) >= 11 is 0. The fraction of sp³-hybridized carbons (Fsp3) is 0.235. The Balaban J connectivity index is 1.99. The van der Waals surface area contributed by atoms with Gasteiger partial charge in [0.25, 0.3) is 0 Å². The molecular weight excluding hydrogens is 452 g/mol. The second-order valence-electron chi connectivity index (χ2n) is 6.49. The van der Waals surface area contributed by atoms with E-state index in [1.807, 2.05) is 0 Å². The van der Waals surface area contributed by atoms with Gasteiger partial charge in [-0.05, 0) is 18.2 Å². The van der Waals surface area contributed by atoms with Crippen molar-refractivity contribution >= 4 is 26.4 Å². The second kappa shape index (κ2) is 6.67. The van der Waals surface area contributed by atoms with Crippen molar-refractivity contribution < 1.29 is 34.8 Å². The smallest absolute Gasteiger partial charge is 0.289 e. The molecule has 0 spiro atoms. The number of aromatic nitrogens is 5. The van der Waals surface area contributed by atoms with Crippen LogP contribution in [0.1, 0.15) is 18.2 Å². The number of sulfone groups is 1. The Kier molecular flexibility index (Phi) is 4.54. The van der Waals surface area contributed by atoms with Crippen molar-refractivity contribution in [1.82, 2.24) is 24.1 Å². The van der Waals surface area contributed by atoms with Gasteiger partial charge in [-0.1, -0.05) is 6.92 Å². The van der Waals surface area contributed by atoms with Crippen molar-refractivity contribution in [2.75, 3.05) is 5.75 Å². The zero-order chi connectivity index (χ0) is 22.8. The number of alkyl halides is 6. The van der Waals surface area contributed by atoms with Gasteiger partial charge in [-0.3, -0.25) is 9.38 Å². The molecule has 0 N–H and O–H groups in total. The van der Waals surface area contributed by atoms with Crippen LogP contribution in [0.15, 0.2) is 41.8 Å². The Morgan fingerprint density at radius 3 is 2.39 bits per heavy atom. The van der Waals surface area contributed by atoms with E-state index in [0.29, 0.717) is 18.2 Å². The first-order chi connectivity index (χ1) is 14.3. The van der Waals surface area contributed by atoms with Crippen LogP contribution in [0.4, 0.5) is 26.3 Å². The Labute approximate surface area is 169 Å². The summed E-state index contributed by atoms with van der Waals surface area (Å²) in [4.78, 5) is 7.29. The molecule has 31 heavy (non-hydrogen) atoms. The maximum atomic E-state index is 13.0. The van der Waals surface area contributed by atoms with Crippen LogP contribution < -0.4 is 0 Å². The summed E-state index contributed by atoms with van der Waals surface area (Å²) in [6.45, 7) is 1.34. The summed E-state index contributed by atoms with van der Waals surface area (Å²) in [5, 5.41) is 3.67. The molecule has 14 heteroatoms. The summed E-state index contributed by atoms with van der Waals surface area (Å²) in [7, 11) is -4.01. The third-order valence-electron chi connectivity index (χ3n) is 4.46. The molecule has 0 aliphatic rings. The quantitative estimate of drug-likeness (QED) is 0.431. The van der Waals surface area contributed by atoms with Crippen LogP contribution in [0.3, 0.4) is 0 Å². The summed E-state index contributed by atoms with van der Waals surface area (Å²) in [6, 6.07) is 2.05. The molecule has 164 valence electrons. The molecule has 0 saturated carbocycles. The SMILES string of the molecule is CCS(=O)(=O)c1c(-n2cc3cnc(C(F)(F)F)cc3n2)nc2cc(C(F)(F)F)ccn12. The lowest BCUT2D eigenvalue weighted by Gasteiger charge is -2.07. The molecule has 0 saturated heterocycles. The molecule has 7 nitrogen and oxygen atoms in total. The second-order valence-corrected chi connectivity index (χ2v) is 8.68. The van der Waals surface area contributed by atoms with Crippen LogP contribution in [0, 0.1) is 0 Å². The average Bonchev–Trinajstić information content (AvgIpc) is 3.26. The highest BCUT2D eigenvalue weighted by Gasteiger charge is 2.34. The Morgan fingerprint density at radius 2 is 1.77 bits per heavy atom. The minimum absolute atomic E-state index is 0.143. The van der Waals surface area contributed by atoms with Crippen LogP contribution >= 0.6 is 0 Å². The fourth-order valence-corrected chi connectivity index (χ4v) is 4.09. The first-order valence-corrected chi connectivity index (χ1v) is 10.2. The van der Waals surface area contributed by atoms with Gasteiger partial charge >= 0.3 is 12.4 Å². The molecule has 0 aliphatic heterocycles. The highest BCUT2D eigenvalue weighted by molar-refractivity contribution is 7.91. The van der Waals surface area contributed by atoms with E-state index in [-0.39, 0.29) is 22.4 Å². The molecule has 4 heterocycles. The molecule has 0 unspecified atom stereocenters. The number of hydrogen-bond acceptors (Lipinski definition) is 5. The predicted octanol–water partition coefficient (Wildman–Crippen LogP) is 3.90. The van der Waals surface area contributed by atoms with Gasteiger partial charge in [0.15, 0.2) is 20.7 Å². The molecule has 0 aromatic carbocycles. The van der Waals surface area contributed by atoms with Gasteiger partial charge in [0.1, 0.15) is 11.3 Å². The molecule has 0 amide bonds. The first-order valence-electron chi connectivity index (χ1n) is 8.56. The zero-order valence-corrected chi connectivity index (χ0v) is 16.2. The molecule has 4 aromatic heterocycles. The van der Waals surface area contributed by atoms with E-state index >= 15 is 0 Å². The van der Waals surface area contributed by atoms with Crippen LogP contribution in [0.25, 0.3) is 22.4 Å². The topological polar surface area (TPSA) is 82.1 Å². The van der Waals surface area contributed by atoms with Gasteiger partial charge in [0.2, 0.25) is 0 Å². The van der Waals surface area contributed by atoms with E-state index in [1.165, 1.54) is 13.1 Å². The standard InChI is InChI=1S/C17H11F6N5O2S/c1-2-31(29,30)15-14(25-13-5-10(16(18,19)20)3-4-27(13)15)28-8-9-7-24-12(17(21,22)23)6-11(9)26-28/h3-8H,2H2,1H3. The monoisotopic (exact) mass is 463 g/mol. The summed E-state index contributed by atoms with van der Waals surface area (Å²) < 4.78 is 105. The molecule has 0 radical (unpaired) electrons. The molecule has 0 atom stereocenters. The Bertz CT molecular complexity index is 1420. The van der Waals surface area contributed by atoms with Gasteiger partial charge in [-0.2, -0.15) is 31.4 Å². The molecule has 0 bridgehead atoms.